The van der Waals surface area contributed by atoms with Crippen LogP contribution in [0.15, 0.2) is 18.3 Å². The van der Waals surface area contributed by atoms with Crippen molar-refractivity contribution < 1.29 is 0 Å². The number of unbranched alkanes of at least 4 members (excludes halogenated alkanes) is 3. The fourth-order valence-corrected chi connectivity index (χ4v) is 2.24. The van der Waals surface area contributed by atoms with Gasteiger partial charge < -0.3 is 0 Å². The third kappa shape index (κ3) is 3.84. The van der Waals surface area contributed by atoms with Gasteiger partial charge in [0.25, 0.3) is 0 Å². The monoisotopic (exact) mass is 244 g/mol. The van der Waals surface area contributed by atoms with Gasteiger partial charge in [0.2, 0.25) is 0 Å². The van der Waals surface area contributed by atoms with Crippen molar-refractivity contribution >= 4 is 0 Å². The van der Waals surface area contributed by atoms with Crippen molar-refractivity contribution in [3.8, 4) is 6.07 Å². The summed E-state index contributed by atoms with van der Waals surface area (Å²) in [5.41, 5.74) is 1.92. The highest BCUT2D eigenvalue weighted by molar-refractivity contribution is 5.28. The highest BCUT2D eigenvalue weighted by atomic mass is 14.7. The van der Waals surface area contributed by atoms with Gasteiger partial charge in [-0.1, -0.05) is 46.5 Å². The highest BCUT2D eigenvalue weighted by Crippen LogP contribution is 2.31. The average molecular weight is 244 g/mol. The minimum atomic E-state index is 0.154. The molecule has 1 aromatic rings. The van der Waals surface area contributed by atoms with Gasteiger partial charge in [-0.3, -0.25) is 4.98 Å². The second kappa shape index (κ2) is 7.16. The van der Waals surface area contributed by atoms with E-state index in [9.17, 15) is 0 Å². The first kappa shape index (κ1) is 14.7. The summed E-state index contributed by atoms with van der Waals surface area (Å²) in [5.74, 6) is 0. The quantitative estimate of drug-likeness (QED) is 0.658. The summed E-state index contributed by atoms with van der Waals surface area (Å²) in [6, 6.07) is 6.01. The second-order valence-electron chi connectivity index (χ2n) is 5.27. The molecule has 0 amide bonds. The maximum atomic E-state index is 8.80. The molecule has 2 nitrogen and oxygen atoms in total. The molecule has 1 aromatic heterocycles. The van der Waals surface area contributed by atoms with E-state index >= 15 is 0 Å². The lowest BCUT2D eigenvalue weighted by molar-refractivity contribution is 0.386. The summed E-state index contributed by atoms with van der Waals surface area (Å²) in [7, 11) is 0. The molecular weight excluding hydrogens is 220 g/mol. The predicted octanol–water partition coefficient (Wildman–Crippen LogP) is 4.59. The number of aromatic nitrogens is 1. The van der Waals surface area contributed by atoms with Gasteiger partial charge in [0.1, 0.15) is 6.07 Å². The number of nitriles is 1. The smallest absolute Gasteiger partial charge is 0.101 e. The maximum Gasteiger partial charge on any atom is 0.101 e. The van der Waals surface area contributed by atoms with E-state index in [1.54, 1.807) is 6.20 Å². The van der Waals surface area contributed by atoms with Crippen LogP contribution >= 0.6 is 0 Å². The van der Waals surface area contributed by atoms with Crippen LogP contribution in [0, 0.1) is 11.3 Å². The largest absolute Gasteiger partial charge is 0.259 e. The normalized spacial score (nSPS) is 13.9. The fourth-order valence-electron chi connectivity index (χ4n) is 2.24. The van der Waals surface area contributed by atoms with Gasteiger partial charge in [0.05, 0.1) is 5.56 Å². The zero-order valence-electron chi connectivity index (χ0n) is 11.9. The highest BCUT2D eigenvalue weighted by Gasteiger charge is 2.25. The lowest BCUT2D eigenvalue weighted by Gasteiger charge is -2.27. The van der Waals surface area contributed by atoms with Crippen molar-refractivity contribution in [1.82, 2.24) is 4.98 Å². The molecule has 0 spiro atoms. The average Bonchev–Trinajstić information content (AvgIpc) is 2.43. The van der Waals surface area contributed by atoms with Crippen molar-refractivity contribution in [2.45, 2.75) is 64.7 Å². The van der Waals surface area contributed by atoms with Gasteiger partial charge in [0.15, 0.2) is 0 Å². The molecule has 0 bridgehead atoms. The first-order valence-corrected chi connectivity index (χ1v) is 7.03. The zero-order valence-corrected chi connectivity index (χ0v) is 11.9. The number of rotatable bonds is 7. The first-order chi connectivity index (χ1) is 8.66. The summed E-state index contributed by atoms with van der Waals surface area (Å²) in [4.78, 5) is 4.47. The molecular formula is C16H24N2. The van der Waals surface area contributed by atoms with E-state index in [-0.39, 0.29) is 5.41 Å². The van der Waals surface area contributed by atoms with Gasteiger partial charge in [0, 0.05) is 17.3 Å². The first-order valence-electron chi connectivity index (χ1n) is 7.03. The van der Waals surface area contributed by atoms with Crippen LogP contribution in [0.25, 0.3) is 0 Å². The van der Waals surface area contributed by atoms with E-state index in [1.807, 2.05) is 12.1 Å². The minimum absolute atomic E-state index is 0.154. The molecule has 1 heterocycles. The Labute approximate surface area is 111 Å². The van der Waals surface area contributed by atoms with E-state index in [2.05, 4.69) is 31.8 Å². The molecule has 0 aliphatic heterocycles. The molecule has 0 aliphatic carbocycles. The molecule has 98 valence electrons. The molecule has 0 saturated carbocycles. The summed E-state index contributed by atoms with van der Waals surface area (Å²) in [6.45, 7) is 6.74. The Morgan fingerprint density at radius 1 is 1.22 bits per heavy atom. The predicted molar refractivity (Wildman–Crippen MR) is 75.4 cm³/mol. The summed E-state index contributed by atoms with van der Waals surface area (Å²) >= 11 is 0. The molecule has 1 rings (SSSR count). The van der Waals surface area contributed by atoms with Gasteiger partial charge in [-0.2, -0.15) is 5.26 Å². The van der Waals surface area contributed by atoms with Crippen LogP contribution in [0.4, 0.5) is 0 Å². The third-order valence-corrected chi connectivity index (χ3v) is 3.87. The Kier molecular flexibility index (Phi) is 5.85. The molecule has 0 N–H and O–H groups in total. The molecule has 1 unspecified atom stereocenters. The molecule has 0 fully saturated rings. The van der Waals surface area contributed by atoms with Gasteiger partial charge >= 0.3 is 0 Å². The number of pyridine rings is 1. The zero-order chi connectivity index (χ0) is 13.4. The van der Waals surface area contributed by atoms with Crippen molar-refractivity contribution in [3.05, 3.63) is 29.6 Å². The Morgan fingerprint density at radius 2 is 2.00 bits per heavy atom. The van der Waals surface area contributed by atoms with Gasteiger partial charge in [-0.05, 0) is 25.0 Å². The Morgan fingerprint density at radius 3 is 2.50 bits per heavy atom. The SMILES string of the molecule is CCCCCCC(C)(CC)c1ccc(C#N)cn1. The van der Waals surface area contributed by atoms with Gasteiger partial charge in [-0.15, -0.1) is 0 Å². The van der Waals surface area contributed by atoms with Crippen molar-refractivity contribution in [1.29, 1.82) is 5.26 Å². The Hall–Kier alpha value is -1.36. The molecule has 0 saturated heterocycles. The Balaban J connectivity index is 2.70. The Bertz CT molecular complexity index is 389. The lowest BCUT2D eigenvalue weighted by Crippen LogP contribution is -2.22. The van der Waals surface area contributed by atoms with Crippen LogP contribution in [0.2, 0.25) is 0 Å². The van der Waals surface area contributed by atoms with E-state index in [0.29, 0.717) is 5.56 Å². The second-order valence-corrected chi connectivity index (χ2v) is 5.27. The number of nitrogens with zero attached hydrogens (tertiary/aromatic N) is 2. The van der Waals surface area contributed by atoms with E-state index < -0.39 is 0 Å². The van der Waals surface area contributed by atoms with Gasteiger partial charge in [-0.25, -0.2) is 0 Å². The van der Waals surface area contributed by atoms with Crippen LogP contribution < -0.4 is 0 Å². The minimum Gasteiger partial charge on any atom is -0.259 e. The van der Waals surface area contributed by atoms with E-state index in [4.69, 9.17) is 5.26 Å². The molecule has 18 heavy (non-hydrogen) atoms. The maximum absolute atomic E-state index is 8.80. The van der Waals surface area contributed by atoms with Crippen molar-refractivity contribution in [2.24, 2.45) is 0 Å². The van der Waals surface area contributed by atoms with Crippen LogP contribution in [0.1, 0.15) is 70.6 Å². The summed E-state index contributed by atoms with van der Waals surface area (Å²) in [5, 5.41) is 8.80. The van der Waals surface area contributed by atoms with Crippen molar-refractivity contribution in [3.63, 3.8) is 0 Å². The van der Waals surface area contributed by atoms with Crippen LogP contribution in [-0.4, -0.2) is 4.98 Å². The molecule has 0 aromatic carbocycles. The van der Waals surface area contributed by atoms with Crippen molar-refractivity contribution in [2.75, 3.05) is 0 Å². The lowest BCUT2D eigenvalue weighted by atomic mass is 9.78. The van der Waals surface area contributed by atoms with Crippen LogP contribution in [0.5, 0.6) is 0 Å². The number of hydrogen-bond donors (Lipinski definition) is 0. The standard InChI is InChI=1S/C16H24N2/c1-4-6-7-8-11-16(3,5-2)15-10-9-14(12-17)13-18-15/h9-10,13H,4-8,11H2,1-3H3. The molecule has 1 atom stereocenters. The van der Waals surface area contributed by atoms with Crippen LogP contribution in [0.3, 0.4) is 0 Å². The number of hydrogen-bond acceptors (Lipinski definition) is 2. The summed E-state index contributed by atoms with van der Waals surface area (Å²) < 4.78 is 0. The summed E-state index contributed by atoms with van der Waals surface area (Å²) in [6.07, 6.45) is 9.14. The van der Waals surface area contributed by atoms with E-state index in [0.717, 1.165) is 12.1 Å². The molecule has 2 heteroatoms. The fraction of sp³-hybridized carbons (Fsp3) is 0.625. The van der Waals surface area contributed by atoms with E-state index in [1.165, 1.54) is 32.1 Å². The van der Waals surface area contributed by atoms with Crippen LogP contribution in [-0.2, 0) is 5.41 Å². The molecule has 0 aliphatic rings. The molecule has 0 radical (unpaired) electrons. The third-order valence-electron chi connectivity index (χ3n) is 3.87. The topological polar surface area (TPSA) is 36.7 Å².